The van der Waals surface area contributed by atoms with Crippen molar-refractivity contribution in [2.24, 2.45) is 0 Å². The minimum Gasteiger partial charge on any atom is -0.0590 e. The fourth-order valence-corrected chi connectivity index (χ4v) is 4.42. The third-order valence-electron chi connectivity index (χ3n) is 6.14. The number of rotatable bonds is 3. The van der Waals surface area contributed by atoms with Gasteiger partial charge in [-0.15, -0.1) is 0 Å². The highest BCUT2D eigenvalue weighted by Gasteiger charge is 2.03. The molecule has 0 bridgehead atoms. The van der Waals surface area contributed by atoms with Crippen LogP contribution in [0.1, 0.15) is 109 Å². The largest absolute Gasteiger partial charge is 0.0590 e. The minimum absolute atomic E-state index is 0.649. The van der Waals surface area contributed by atoms with Gasteiger partial charge in [-0.2, -0.15) is 0 Å². The second-order valence-corrected chi connectivity index (χ2v) is 10.5. The molecular weight excluding hydrogens is 396 g/mol. The standard InChI is InChI=1S/3C11H16/c3*1-8(2)11-6-5-9(3)7-10(11)4/h3*5-8H,1-4H3. The van der Waals surface area contributed by atoms with Crippen LogP contribution in [-0.2, 0) is 0 Å². The first-order chi connectivity index (χ1) is 15.3. The van der Waals surface area contributed by atoms with Crippen LogP contribution in [0.5, 0.6) is 0 Å². The summed E-state index contributed by atoms with van der Waals surface area (Å²) in [5.74, 6) is 1.95. The predicted molar refractivity (Wildman–Crippen MR) is 150 cm³/mol. The molecule has 180 valence electrons. The molecule has 0 amide bonds. The molecule has 3 rings (SSSR count). The van der Waals surface area contributed by atoms with E-state index < -0.39 is 0 Å². The average molecular weight is 445 g/mol. The molecule has 0 aliphatic rings. The summed E-state index contributed by atoms with van der Waals surface area (Å²) >= 11 is 0. The van der Waals surface area contributed by atoms with E-state index in [4.69, 9.17) is 0 Å². The Morgan fingerprint density at radius 1 is 0.364 bits per heavy atom. The van der Waals surface area contributed by atoms with E-state index >= 15 is 0 Å². The monoisotopic (exact) mass is 444 g/mol. The smallest absolute Gasteiger partial charge is 0.0216 e. The normalized spacial score (nSPS) is 10.6. The lowest BCUT2D eigenvalue weighted by Crippen LogP contribution is -1.91. The van der Waals surface area contributed by atoms with Gasteiger partial charge in [0.25, 0.3) is 0 Å². The lowest BCUT2D eigenvalue weighted by atomic mass is 9.97. The van der Waals surface area contributed by atoms with Crippen molar-refractivity contribution < 1.29 is 0 Å². The van der Waals surface area contributed by atoms with Crippen molar-refractivity contribution in [3.63, 3.8) is 0 Å². The highest BCUT2D eigenvalue weighted by atomic mass is 14.1. The van der Waals surface area contributed by atoms with Gasteiger partial charge in [0.1, 0.15) is 0 Å². The molecule has 0 aliphatic heterocycles. The summed E-state index contributed by atoms with van der Waals surface area (Å²) in [4.78, 5) is 0. The Kier molecular flexibility index (Phi) is 11.6. The molecule has 33 heavy (non-hydrogen) atoms. The van der Waals surface area contributed by atoms with Crippen LogP contribution in [0.4, 0.5) is 0 Å². The van der Waals surface area contributed by atoms with Crippen LogP contribution in [0.2, 0.25) is 0 Å². The summed E-state index contributed by atoms with van der Waals surface area (Å²) in [7, 11) is 0. The van der Waals surface area contributed by atoms with Crippen LogP contribution in [0.25, 0.3) is 0 Å². The van der Waals surface area contributed by atoms with Gasteiger partial charge in [-0.1, -0.05) is 113 Å². The van der Waals surface area contributed by atoms with Crippen LogP contribution < -0.4 is 0 Å². The molecule has 0 aliphatic carbocycles. The van der Waals surface area contributed by atoms with E-state index in [-0.39, 0.29) is 0 Å². The van der Waals surface area contributed by atoms with E-state index in [1.807, 2.05) is 0 Å². The van der Waals surface area contributed by atoms with Crippen molar-refractivity contribution in [2.75, 3.05) is 0 Å². The fraction of sp³-hybridized carbons (Fsp3) is 0.455. The summed E-state index contributed by atoms with van der Waals surface area (Å²) in [5, 5.41) is 0. The first-order valence-electron chi connectivity index (χ1n) is 12.5. The Hall–Kier alpha value is -2.34. The molecule has 0 saturated carbocycles. The van der Waals surface area contributed by atoms with E-state index in [2.05, 4.69) is 138 Å². The molecule has 0 atom stereocenters. The summed E-state index contributed by atoms with van der Waals surface area (Å²) in [6.07, 6.45) is 0. The maximum Gasteiger partial charge on any atom is -0.0216 e. The SMILES string of the molecule is Cc1ccc(C(C)C)c(C)c1.Cc1ccc(C(C)C)c(C)c1.Cc1ccc(C(C)C)c(C)c1. The average Bonchev–Trinajstić information content (AvgIpc) is 2.68. The zero-order valence-electron chi connectivity index (χ0n) is 23.4. The van der Waals surface area contributed by atoms with Gasteiger partial charge in [0.15, 0.2) is 0 Å². The van der Waals surface area contributed by atoms with Gasteiger partial charge in [0, 0.05) is 0 Å². The van der Waals surface area contributed by atoms with E-state index in [1.165, 1.54) is 50.1 Å². The summed E-state index contributed by atoms with van der Waals surface area (Å²) in [5.41, 5.74) is 12.7. The van der Waals surface area contributed by atoms with Crippen LogP contribution >= 0.6 is 0 Å². The van der Waals surface area contributed by atoms with E-state index in [9.17, 15) is 0 Å². The van der Waals surface area contributed by atoms with Crippen LogP contribution in [-0.4, -0.2) is 0 Å². The molecule has 0 heterocycles. The van der Waals surface area contributed by atoms with Crippen LogP contribution in [0.15, 0.2) is 54.6 Å². The molecular formula is C33H48. The van der Waals surface area contributed by atoms with Crippen LogP contribution in [0.3, 0.4) is 0 Å². The lowest BCUT2D eigenvalue weighted by Gasteiger charge is -2.09. The Labute approximate surface area is 205 Å². The van der Waals surface area contributed by atoms with Crippen LogP contribution in [0, 0.1) is 41.5 Å². The molecule has 0 spiro atoms. The van der Waals surface area contributed by atoms with E-state index in [0.29, 0.717) is 17.8 Å². The molecule has 0 nitrogen and oxygen atoms in total. The molecule has 0 unspecified atom stereocenters. The molecule has 0 fully saturated rings. The fourth-order valence-electron chi connectivity index (χ4n) is 4.42. The Balaban J connectivity index is 0.000000247. The zero-order valence-corrected chi connectivity index (χ0v) is 23.4. The van der Waals surface area contributed by atoms with Crippen molar-refractivity contribution in [1.82, 2.24) is 0 Å². The van der Waals surface area contributed by atoms with E-state index in [0.717, 1.165) is 0 Å². The van der Waals surface area contributed by atoms with Gasteiger partial charge in [-0.25, -0.2) is 0 Å². The van der Waals surface area contributed by atoms with E-state index in [1.54, 1.807) is 0 Å². The number of hydrogen-bond donors (Lipinski definition) is 0. The number of aryl methyl sites for hydroxylation is 6. The van der Waals surface area contributed by atoms with Gasteiger partial charge < -0.3 is 0 Å². The highest BCUT2D eigenvalue weighted by molar-refractivity contribution is 5.33. The Bertz CT molecular complexity index is 871. The topological polar surface area (TPSA) is 0 Å². The lowest BCUT2D eigenvalue weighted by molar-refractivity contribution is 0.855. The second kappa shape index (κ2) is 13.4. The molecule has 3 aromatic carbocycles. The molecule has 0 aromatic heterocycles. The zero-order chi connectivity index (χ0) is 25.3. The van der Waals surface area contributed by atoms with Crippen molar-refractivity contribution in [3.8, 4) is 0 Å². The van der Waals surface area contributed by atoms with Gasteiger partial charge in [0.2, 0.25) is 0 Å². The Morgan fingerprint density at radius 3 is 0.727 bits per heavy atom. The van der Waals surface area contributed by atoms with Crippen molar-refractivity contribution in [3.05, 3.63) is 105 Å². The van der Waals surface area contributed by atoms with Gasteiger partial charge in [-0.05, 0) is 92.7 Å². The van der Waals surface area contributed by atoms with Crippen molar-refractivity contribution in [2.45, 2.75) is 101 Å². The Morgan fingerprint density at radius 2 is 0.576 bits per heavy atom. The third-order valence-corrected chi connectivity index (χ3v) is 6.14. The summed E-state index contributed by atoms with van der Waals surface area (Å²) in [6.45, 7) is 26.4. The van der Waals surface area contributed by atoms with Gasteiger partial charge in [-0.3, -0.25) is 0 Å². The molecule has 0 heteroatoms. The molecule has 0 radical (unpaired) electrons. The molecule has 0 saturated heterocycles. The van der Waals surface area contributed by atoms with Crippen molar-refractivity contribution >= 4 is 0 Å². The first-order valence-corrected chi connectivity index (χ1v) is 12.5. The summed E-state index contributed by atoms with van der Waals surface area (Å²) < 4.78 is 0. The second-order valence-electron chi connectivity index (χ2n) is 10.5. The summed E-state index contributed by atoms with van der Waals surface area (Å²) in [6, 6.07) is 20.0. The first kappa shape index (κ1) is 28.7. The maximum absolute atomic E-state index is 2.25. The number of benzene rings is 3. The highest BCUT2D eigenvalue weighted by Crippen LogP contribution is 2.21. The predicted octanol–water partition coefficient (Wildman–Crippen LogP) is 10.3. The maximum atomic E-state index is 2.25. The van der Waals surface area contributed by atoms with Gasteiger partial charge in [0.05, 0.1) is 0 Å². The number of hydrogen-bond acceptors (Lipinski definition) is 0. The van der Waals surface area contributed by atoms with Crippen molar-refractivity contribution in [1.29, 1.82) is 0 Å². The quantitative estimate of drug-likeness (QED) is 0.377. The molecule has 3 aromatic rings. The third kappa shape index (κ3) is 9.58. The van der Waals surface area contributed by atoms with Gasteiger partial charge >= 0.3 is 0 Å². The molecule has 0 N–H and O–H groups in total. The minimum atomic E-state index is 0.649.